The number of benzene rings is 1. The van der Waals surface area contributed by atoms with Crippen molar-refractivity contribution in [2.75, 3.05) is 20.2 Å². The van der Waals surface area contributed by atoms with Crippen LogP contribution in [0.5, 0.6) is 0 Å². The highest BCUT2D eigenvalue weighted by Gasteiger charge is 2.33. The molecule has 82 valence electrons. The van der Waals surface area contributed by atoms with E-state index in [4.69, 9.17) is 4.74 Å². The highest BCUT2D eigenvalue weighted by Crippen LogP contribution is 2.34. The van der Waals surface area contributed by atoms with Crippen LogP contribution >= 0.6 is 15.9 Å². The highest BCUT2D eigenvalue weighted by molar-refractivity contribution is 9.10. The van der Waals surface area contributed by atoms with Gasteiger partial charge in [0.15, 0.2) is 0 Å². The summed E-state index contributed by atoms with van der Waals surface area (Å²) in [5, 5.41) is 3.37. The van der Waals surface area contributed by atoms with Crippen molar-refractivity contribution in [3.05, 3.63) is 34.3 Å². The van der Waals surface area contributed by atoms with E-state index < -0.39 is 0 Å². The zero-order valence-electron chi connectivity index (χ0n) is 8.92. The van der Waals surface area contributed by atoms with Gasteiger partial charge in [0.1, 0.15) is 0 Å². The number of piperidine rings is 1. The van der Waals surface area contributed by atoms with E-state index in [0.29, 0.717) is 0 Å². The Kier molecular flexibility index (Phi) is 3.44. The van der Waals surface area contributed by atoms with Gasteiger partial charge in [-0.3, -0.25) is 0 Å². The Morgan fingerprint density at radius 1 is 1.20 bits per heavy atom. The number of rotatable bonds is 2. The zero-order valence-corrected chi connectivity index (χ0v) is 10.5. The maximum atomic E-state index is 5.75. The predicted octanol–water partition coefficient (Wildman–Crippen LogP) is 2.67. The summed E-state index contributed by atoms with van der Waals surface area (Å²) < 4.78 is 6.87. The van der Waals surface area contributed by atoms with Crippen molar-refractivity contribution in [3.8, 4) is 0 Å². The fraction of sp³-hybridized carbons (Fsp3) is 0.500. The third-order valence-corrected chi connectivity index (χ3v) is 3.70. The molecule has 1 fully saturated rings. The summed E-state index contributed by atoms with van der Waals surface area (Å²) in [6.45, 7) is 2.06. The molecule has 1 heterocycles. The molecule has 0 aliphatic carbocycles. The zero-order chi connectivity index (χ0) is 10.7. The van der Waals surface area contributed by atoms with Gasteiger partial charge in [-0.15, -0.1) is 0 Å². The van der Waals surface area contributed by atoms with Gasteiger partial charge in [-0.25, -0.2) is 0 Å². The predicted molar refractivity (Wildman–Crippen MR) is 64.9 cm³/mol. The van der Waals surface area contributed by atoms with Gasteiger partial charge in [0.2, 0.25) is 0 Å². The summed E-state index contributed by atoms with van der Waals surface area (Å²) >= 11 is 3.46. The van der Waals surface area contributed by atoms with Gasteiger partial charge < -0.3 is 10.1 Å². The van der Waals surface area contributed by atoms with Gasteiger partial charge in [-0.05, 0) is 43.6 Å². The second-order valence-corrected chi connectivity index (χ2v) is 4.87. The minimum atomic E-state index is -0.0774. The first-order valence-corrected chi connectivity index (χ1v) is 6.08. The molecule has 0 unspecified atom stereocenters. The molecule has 0 saturated carbocycles. The van der Waals surface area contributed by atoms with Crippen LogP contribution in [0.2, 0.25) is 0 Å². The second kappa shape index (κ2) is 4.64. The molecule has 0 aromatic heterocycles. The third kappa shape index (κ3) is 2.25. The Balaban J connectivity index is 2.28. The van der Waals surface area contributed by atoms with Crippen LogP contribution in [0.3, 0.4) is 0 Å². The molecule has 2 nitrogen and oxygen atoms in total. The molecule has 0 amide bonds. The van der Waals surface area contributed by atoms with E-state index in [2.05, 4.69) is 45.5 Å². The lowest BCUT2D eigenvalue weighted by atomic mass is 9.85. The number of hydrogen-bond donors (Lipinski definition) is 1. The van der Waals surface area contributed by atoms with Gasteiger partial charge in [0.05, 0.1) is 5.60 Å². The van der Waals surface area contributed by atoms with Gasteiger partial charge in [0.25, 0.3) is 0 Å². The topological polar surface area (TPSA) is 21.3 Å². The SMILES string of the molecule is COC1(c2ccc(Br)cc2)CCNCC1. The fourth-order valence-corrected chi connectivity index (χ4v) is 2.46. The van der Waals surface area contributed by atoms with Crippen LogP contribution in [-0.2, 0) is 10.3 Å². The third-order valence-electron chi connectivity index (χ3n) is 3.17. The maximum Gasteiger partial charge on any atom is 0.0951 e. The van der Waals surface area contributed by atoms with Crippen molar-refractivity contribution in [1.82, 2.24) is 5.32 Å². The molecule has 0 radical (unpaired) electrons. The molecule has 1 aliphatic heterocycles. The Hall–Kier alpha value is -0.380. The van der Waals surface area contributed by atoms with E-state index in [1.807, 2.05) is 7.11 Å². The minimum Gasteiger partial charge on any atom is -0.373 e. The van der Waals surface area contributed by atoms with Crippen LogP contribution in [0.1, 0.15) is 18.4 Å². The quantitative estimate of drug-likeness (QED) is 0.892. The molecular weight excluding hydrogens is 254 g/mol. The van der Waals surface area contributed by atoms with Crippen molar-refractivity contribution in [3.63, 3.8) is 0 Å². The largest absolute Gasteiger partial charge is 0.373 e. The average Bonchev–Trinajstić information content (AvgIpc) is 2.31. The van der Waals surface area contributed by atoms with Crippen LogP contribution in [0, 0.1) is 0 Å². The van der Waals surface area contributed by atoms with Crippen molar-refractivity contribution in [1.29, 1.82) is 0 Å². The molecule has 1 aromatic rings. The van der Waals surface area contributed by atoms with E-state index in [9.17, 15) is 0 Å². The van der Waals surface area contributed by atoms with Crippen molar-refractivity contribution in [2.24, 2.45) is 0 Å². The molecule has 15 heavy (non-hydrogen) atoms. The molecular formula is C12H16BrNO. The van der Waals surface area contributed by atoms with E-state index in [-0.39, 0.29) is 5.60 Å². The summed E-state index contributed by atoms with van der Waals surface area (Å²) in [4.78, 5) is 0. The number of halogens is 1. The number of nitrogens with one attached hydrogen (secondary N) is 1. The average molecular weight is 270 g/mol. The molecule has 0 bridgehead atoms. The molecule has 1 aromatic carbocycles. The molecule has 1 saturated heterocycles. The van der Waals surface area contributed by atoms with Gasteiger partial charge in [-0.1, -0.05) is 28.1 Å². The summed E-state index contributed by atoms with van der Waals surface area (Å²) in [5.74, 6) is 0. The van der Waals surface area contributed by atoms with Gasteiger partial charge >= 0.3 is 0 Å². The maximum absolute atomic E-state index is 5.75. The summed E-state index contributed by atoms with van der Waals surface area (Å²) in [6.07, 6.45) is 2.09. The molecule has 3 heteroatoms. The molecule has 1 aliphatic rings. The Labute approximate surface area is 99.1 Å². The van der Waals surface area contributed by atoms with E-state index in [1.54, 1.807) is 0 Å². The standard InChI is InChI=1S/C12H16BrNO/c1-15-12(6-8-14-9-7-12)10-2-4-11(13)5-3-10/h2-5,14H,6-9H2,1H3. The molecule has 1 N–H and O–H groups in total. The number of hydrogen-bond acceptors (Lipinski definition) is 2. The van der Waals surface area contributed by atoms with Crippen molar-refractivity contribution < 1.29 is 4.74 Å². The molecule has 2 rings (SSSR count). The normalized spacial score (nSPS) is 20.1. The van der Waals surface area contributed by atoms with Gasteiger partial charge in [-0.2, -0.15) is 0 Å². The van der Waals surface area contributed by atoms with E-state index in [0.717, 1.165) is 30.4 Å². The Bertz CT molecular complexity index is 317. The van der Waals surface area contributed by atoms with Crippen molar-refractivity contribution >= 4 is 15.9 Å². The van der Waals surface area contributed by atoms with Crippen LogP contribution in [-0.4, -0.2) is 20.2 Å². The molecule has 0 spiro atoms. The van der Waals surface area contributed by atoms with Crippen LogP contribution in [0.15, 0.2) is 28.7 Å². The molecule has 0 atom stereocenters. The fourth-order valence-electron chi connectivity index (χ4n) is 2.19. The first-order valence-electron chi connectivity index (χ1n) is 5.29. The Morgan fingerprint density at radius 3 is 2.33 bits per heavy atom. The first kappa shape index (κ1) is 11.1. The lowest BCUT2D eigenvalue weighted by Gasteiger charge is -2.36. The Morgan fingerprint density at radius 2 is 1.80 bits per heavy atom. The summed E-state index contributed by atoms with van der Waals surface area (Å²) in [7, 11) is 1.81. The monoisotopic (exact) mass is 269 g/mol. The van der Waals surface area contributed by atoms with E-state index >= 15 is 0 Å². The lowest BCUT2D eigenvalue weighted by molar-refractivity contribution is -0.0391. The van der Waals surface area contributed by atoms with Crippen LogP contribution in [0.25, 0.3) is 0 Å². The minimum absolute atomic E-state index is 0.0774. The van der Waals surface area contributed by atoms with Crippen LogP contribution in [0.4, 0.5) is 0 Å². The van der Waals surface area contributed by atoms with Crippen LogP contribution < -0.4 is 5.32 Å². The van der Waals surface area contributed by atoms with E-state index in [1.165, 1.54) is 5.56 Å². The highest BCUT2D eigenvalue weighted by atomic mass is 79.9. The number of methoxy groups -OCH3 is 1. The summed E-state index contributed by atoms with van der Waals surface area (Å²) in [5.41, 5.74) is 1.21. The summed E-state index contributed by atoms with van der Waals surface area (Å²) in [6, 6.07) is 8.47. The van der Waals surface area contributed by atoms with Crippen molar-refractivity contribution in [2.45, 2.75) is 18.4 Å². The smallest absolute Gasteiger partial charge is 0.0951 e. The second-order valence-electron chi connectivity index (χ2n) is 3.96. The lowest BCUT2D eigenvalue weighted by Crippen LogP contribution is -2.41. The first-order chi connectivity index (χ1) is 7.27. The van der Waals surface area contributed by atoms with Gasteiger partial charge in [0, 0.05) is 11.6 Å². The number of ether oxygens (including phenoxy) is 1.